The van der Waals surface area contributed by atoms with Crippen LogP contribution < -0.4 is 10.2 Å². The molecular weight excluding hydrogens is 361 g/mol. The van der Waals surface area contributed by atoms with Crippen LogP contribution in [-0.2, 0) is 14.3 Å². The summed E-state index contributed by atoms with van der Waals surface area (Å²) in [6.07, 6.45) is -0.0176. The van der Waals surface area contributed by atoms with Crippen molar-refractivity contribution in [1.29, 1.82) is 0 Å². The number of rotatable bonds is 5. The summed E-state index contributed by atoms with van der Waals surface area (Å²) in [7, 11) is 0. The molecule has 1 atom stereocenters. The molecule has 0 bridgehead atoms. The minimum Gasteiger partial charge on any atom is -0.461 e. The third kappa shape index (κ3) is 3.72. The number of para-hydroxylation sites is 1. The Morgan fingerprint density at radius 1 is 1.42 bits per heavy atom. The van der Waals surface area contributed by atoms with Gasteiger partial charge in [0.2, 0.25) is 11.8 Å². The number of thiazole rings is 1. The maximum atomic E-state index is 13.9. The minimum atomic E-state index is -0.628. The number of ether oxygens (including phenoxy) is 1. The summed E-state index contributed by atoms with van der Waals surface area (Å²) in [6, 6.07) is 5.93. The monoisotopic (exact) mass is 377 g/mol. The van der Waals surface area contributed by atoms with E-state index in [1.807, 2.05) is 0 Å². The maximum Gasteiger partial charge on any atom is 0.357 e. The van der Waals surface area contributed by atoms with E-state index in [2.05, 4.69) is 10.3 Å². The first-order valence-electron chi connectivity index (χ1n) is 7.98. The van der Waals surface area contributed by atoms with Crippen LogP contribution in [-0.4, -0.2) is 35.9 Å². The Balaban J connectivity index is 1.65. The van der Waals surface area contributed by atoms with E-state index >= 15 is 0 Å². The molecule has 1 aromatic heterocycles. The van der Waals surface area contributed by atoms with Crippen molar-refractivity contribution in [3.05, 3.63) is 41.2 Å². The fourth-order valence-electron chi connectivity index (χ4n) is 2.62. The van der Waals surface area contributed by atoms with Gasteiger partial charge in [0.05, 0.1) is 18.2 Å². The Kier molecular flexibility index (Phi) is 5.27. The summed E-state index contributed by atoms with van der Waals surface area (Å²) in [5.41, 5.74) is 0.272. The fourth-order valence-corrected chi connectivity index (χ4v) is 3.31. The van der Waals surface area contributed by atoms with Crippen LogP contribution in [0.1, 0.15) is 23.8 Å². The molecule has 7 nitrogen and oxygen atoms in total. The van der Waals surface area contributed by atoms with Crippen LogP contribution >= 0.6 is 11.3 Å². The number of aromatic nitrogens is 1. The molecule has 1 N–H and O–H groups in total. The Labute approximate surface area is 152 Å². The predicted molar refractivity (Wildman–Crippen MR) is 93.6 cm³/mol. The van der Waals surface area contributed by atoms with Crippen LogP contribution in [0.5, 0.6) is 0 Å². The predicted octanol–water partition coefficient (Wildman–Crippen LogP) is 2.45. The standard InChI is InChI=1S/C17H16FN3O4S/c1-2-25-16(24)12-9-26-17(19-12)20-15(23)10-7-14(22)21(8-10)13-6-4-3-5-11(13)18/h3-6,9-10H,2,7-8H2,1H3,(H,19,20,23)/t10-/m1/s1. The smallest absolute Gasteiger partial charge is 0.357 e. The Morgan fingerprint density at radius 2 is 2.19 bits per heavy atom. The Hall–Kier alpha value is -2.81. The lowest BCUT2D eigenvalue weighted by Gasteiger charge is -2.17. The number of amides is 2. The van der Waals surface area contributed by atoms with Crippen molar-refractivity contribution in [3.63, 3.8) is 0 Å². The molecule has 0 radical (unpaired) electrons. The normalized spacial score (nSPS) is 16.6. The van der Waals surface area contributed by atoms with Gasteiger partial charge >= 0.3 is 5.97 Å². The van der Waals surface area contributed by atoms with Crippen LogP contribution in [0.4, 0.5) is 15.2 Å². The summed E-state index contributed by atoms with van der Waals surface area (Å²) in [5.74, 6) is -2.42. The second-order valence-electron chi connectivity index (χ2n) is 5.60. The first-order valence-corrected chi connectivity index (χ1v) is 8.86. The molecule has 2 aromatic rings. The first kappa shape index (κ1) is 18.0. The van der Waals surface area contributed by atoms with E-state index in [0.29, 0.717) is 0 Å². The first-order chi connectivity index (χ1) is 12.5. The SMILES string of the molecule is CCOC(=O)c1csc(NC(=O)[C@@H]2CC(=O)N(c3ccccc3F)C2)n1. The van der Waals surface area contributed by atoms with Gasteiger partial charge in [-0.05, 0) is 19.1 Å². The van der Waals surface area contributed by atoms with Crippen LogP contribution in [0.25, 0.3) is 0 Å². The van der Waals surface area contributed by atoms with E-state index in [-0.39, 0.29) is 42.0 Å². The lowest BCUT2D eigenvalue weighted by atomic mass is 10.1. The van der Waals surface area contributed by atoms with Gasteiger partial charge in [-0.3, -0.25) is 9.59 Å². The van der Waals surface area contributed by atoms with Gasteiger partial charge in [-0.15, -0.1) is 11.3 Å². The van der Waals surface area contributed by atoms with Gasteiger partial charge in [0.1, 0.15) is 5.82 Å². The molecule has 2 amide bonds. The topological polar surface area (TPSA) is 88.6 Å². The summed E-state index contributed by atoms with van der Waals surface area (Å²) >= 11 is 1.09. The van der Waals surface area contributed by atoms with E-state index in [0.717, 1.165) is 11.3 Å². The highest BCUT2D eigenvalue weighted by Gasteiger charge is 2.36. The largest absolute Gasteiger partial charge is 0.461 e. The number of nitrogens with zero attached hydrogens (tertiary/aromatic N) is 2. The van der Waals surface area contributed by atoms with E-state index in [9.17, 15) is 18.8 Å². The molecule has 0 aliphatic carbocycles. The van der Waals surface area contributed by atoms with Crippen molar-refractivity contribution < 1.29 is 23.5 Å². The highest BCUT2D eigenvalue weighted by Crippen LogP contribution is 2.28. The highest BCUT2D eigenvalue weighted by atomic mass is 32.1. The van der Waals surface area contributed by atoms with Crippen molar-refractivity contribution in [1.82, 2.24) is 4.98 Å². The molecule has 1 saturated heterocycles. The number of carbonyl (C=O) groups is 3. The second-order valence-corrected chi connectivity index (χ2v) is 6.46. The third-order valence-electron chi connectivity index (χ3n) is 3.86. The van der Waals surface area contributed by atoms with Crippen LogP contribution in [0.3, 0.4) is 0 Å². The van der Waals surface area contributed by atoms with Crippen molar-refractivity contribution in [2.45, 2.75) is 13.3 Å². The minimum absolute atomic E-state index is 0.0176. The molecule has 0 spiro atoms. The number of hydrogen-bond acceptors (Lipinski definition) is 6. The van der Waals surface area contributed by atoms with Crippen molar-refractivity contribution in [2.75, 3.05) is 23.4 Å². The molecule has 0 saturated carbocycles. The maximum absolute atomic E-state index is 13.9. The number of anilines is 2. The van der Waals surface area contributed by atoms with E-state index < -0.39 is 23.6 Å². The molecule has 1 aromatic carbocycles. The molecule has 1 fully saturated rings. The summed E-state index contributed by atoms with van der Waals surface area (Å²) in [6.45, 7) is 2.00. The lowest BCUT2D eigenvalue weighted by Crippen LogP contribution is -2.28. The molecule has 2 heterocycles. The lowest BCUT2D eigenvalue weighted by molar-refractivity contribution is -0.122. The van der Waals surface area contributed by atoms with Gasteiger partial charge in [0.15, 0.2) is 10.8 Å². The fraction of sp³-hybridized carbons (Fsp3) is 0.294. The molecular formula is C17H16FN3O4S. The molecule has 1 aliphatic heterocycles. The Bertz CT molecular complexity index is 854. The number of esters is 1. The number of benzene rings is 1. The van der Waals surface area contributed by atoms with Gasteiger partial charge in [-0.1, -0.05) is 12.1 Å². The van der Waals surface area contributed by atoms with Crippen LogP contribution in [0, 0.1) is 11.7 Å². The Morgan fingerprint density at radius 3 is 2.92 bits per heavy atom. The van der Waals surface area contributed by atoms with Gasteiger partial charge in [-0.25, -0.2) is 14.2 Å². The van der Waals surface area contributed by atoms with E-state index in [1.54, 1.807) is 13.0 Å². The van der Waals surface area contributed by atoms with E-state index in [4.69, 9.17) is 4.74 Å². The molecule has 136 valence electrons. The van der Waals surface area contributed by atoms with E-state index in [1.165, 1.54) is 28.5 Å². The van der Waals surface area contributed by atoms with Gasteiger partial charge in [-0.2, -0.15) is 0 Å². The number of hydrogen-bond donors (Lipinski definition) is 1. The van der Waals surface area contributed by atoms with Crippen LogP contribution in [0.2, 0.25) is 0 Å². The van der Waals surface area contributed by atoms with Crippen LogP contribution in [0.15, 0.2) is 29.6 Å². The average Bonchev–Trinajstić information content (AvgIpc) is 3.22. The molecule has 0 unspecified atom stereocenters. The van der Waals surface area contributed by atoms with Gasteiger partial charge < -0.3 is 15.0 Å². The van der Waals surface area contributed by atoms with Crippen molar-refractivity contribution >= 4 is 39.9 Å². The molecule has 26 heavy (non-hydrogen) atoms. The van der Waals surface area contributed by atoms with Gasteiger partial charge in [0, 0.05) is 18.3 Å². The molecule has 1 aliphatic rings. The second kappa shape index (κ2) is 7.61. The molecule has 3 rings (SSSR count). The molecule has 9 heteroatoms. The number of nitrogens with one attached hydrogen (secondary N) is 1. The zero-order valence-electron chi connectivity index (χ0n) is 13.9. The quantitative estimate of drug-likeness (QED) is 0.809. The van der Waals surface area contributed by atoms with Gasteiger partial charge in [0.25, 0.3) is 0 Å². The highest BCUT2D eigenvalue weighted by molar-refractivity contribution is 7.14. The number of halogens is 1. The average molecular weight is 377 g/mol. The zero-order valence-corrected chi connectivity index (χ0v) is 14.7. The third-order valence-corrected chi connectivity index (χ3v) is 4.62. The van der Waals surface area contributed by atoms with Crippen molar-refractivity contribution in [2.24, 2.45) is 5.92 Å². The number of carbonyl (C=O) groups excluding carboxylic acids is 3. The summed E-state index contributed by atoms with van der Waals surface area (Å²) < 4.78 is 18.7. The zero-order chi connectivity index (χ0) is 18.7. The summed E-state index contributed by atoms with van der Waals surface area (Å²) in [5, 5.41) is 4.33. The van der Waals surface area contributed by atoms with Crippen molar-refractivity contribution in [3.8, 4) is 0 Å². The summed E-state index contributed by atoms with van der Waals surface area (Å²) in [4.78, 5) is 41.4.